The number of nitrogens with one attached hydrogen (secondary N) is 1. The summed E-state index contributed by atoms with van der Waals surface area (Å²) in [5.41, 5.74) is 3.29. The highest BCUT2D eigenvalue weighted by molar-refractivity contribution is 5.73. The molecular weight excluding hydrogens is 448 g/mol. The summed E-state index contributed by atoms with van der Waals surface area (Å²) in [6, 6.07) is 10.0. The van der Waals surface area contributed by atoms with Crippen LogP contribution in [0.1, 0.15) is 16.7 Å². The maximum atomic E-state index is 12.8. The number of fused-ring (bicyclic) bond motifs is 1. The number of aromatic nitrogens is 2. The van der Waals surface area contributed by atoms with Crippen LogP contribution in [-0.4, -0.2) is 47.4 Å². The van der Waals surface area contributed by atoms with Crippen molar-refractivity contribution in [2.75, 3.05) is 25.1 Å². The van der Waals surface area contributed by atoms with E-state index in [-0.39, 0.29) is 11.3 Å². The van der Waals surface area contributed by atoms with E-state index in [2.05, 4.69) is 20.0 Å². The van der Waals surface area contributed by atoms with Gasteiger partial charge in [-0.1, -0.05) is 18.2 Å². The normalized spacial score (nSPS) is 12.5. The highest BCUT2D eigenvalue weighted by Crippen LogP contribution is 2.35. The van der Waals surface area contributed by atoms with Gasteiger partial charge in [-0.05, 0) is 36.6 Å². The van der Waals surface area contributed by atoms with Crippen LogP contribution in [-0.2, 0) is 17.6 Å². The third-order valence-corrected chi connectivity index (χ3v) is 5.36. The van der Waals surface area contributed by atoms with Crippen LogP contribution < -0.4 is 19.5 Å². The minimum absolute atomic E-state index is 0.152. The summed E-state index contributed by atoms with van der Waals surface area (Å²) in [6.45, 7) is 0.587. The number of alkyl halides is 2. The number of carboxylic acid groups (broad SMARTS) is 1. The van der Waals surface area contributed by atoms with Crippen molar-refractivity contribution in [3.8, 4) is 28.5 Å². The smallest absolute Gasteiger partial charge is 0.387 e. The van der Waals surface area contributed by atoms with Crippen molar-refractivity contribution in [2.45, 2.75) is 26.4 Å². The Kier molecular flexibility index (Phi) is 7.05. The first-order valence-corrected chi connectivity index (χ1v) is 10.6. The standard InChI is InChI=1S/C24H23F2N3O5/c1-14-15(4-5-19-23(14)33-9-8-32-19)6-7-27-21-12-18(28-13-29-21)16-2-3-17(11-22(30)31)20(10-16)34-24(25)26/h2-5,10,12-13,24H,6-9,11H2,1H3,(H,30,31)(H,27,28,29). The van der Waals surface area contributed by atoms with E-state index in [0.717, 1.165) is 29.0 Å². The second kappa shape index (κ2) is 10.3. The van der Waals surface area contributed by atoms with Gasteiger partial charge in [-0.15, -0.1) is 0 Å². The fraction of sp³-hybridized carbons (Fsp3) is 0.292. The molecule has 0 bridgehead atoms. The van der Waals surface area contributed by atoms with Crippen LogP contribution in [0.15, 0.2) is 42.7 Å². The minimum atomic E-state index is -3.07. The van der Waals surface area contributed by atoms with Crippen LogP contribution in [0.2, 0.25) is 0 Å². The molecule has 0 fully saturated rings. The van der Waals surface area contributed by atoms with E-state index in [1.165, 1.54) is 18.5 Å². The molecule has 0 unspecified atom stereocenters. The molecule has 0 radical (unpaired) electrons. The van der Waals surface area contributed by atoms with Crippen molar-refractivity contribution >= 4 is 11.8 Å². The molecule has 8 nitrogen and oxygen atoms in total. The molecule has 0 amide bonds. The number of benzene rings is 2. The maximum Gasteiger partial charge on any atom is 0.387 e. The third kappa shape index (κ3) is 5.51. The van der Waals surface area contributed by atoms with Crippen LogP contribution in [0.25, 0.3) is 11.3 Å². The molecule has 10 heteroatoms. The lowest BCUT2D eigenvalue weighted by Gasteiger charge is -2.21. The van der Waals surface area contributed by atoms with Gasteiger partial charge in [0.25, 0.3) is 0 Å². The molecule has 4 rings (SSSR count). The summed E-state index contributed by atoms with van der Waals surface area (Å²) < 4.78 is 41.5. The van der Waals surface area contributed by atoms with Crippen molar-refractivity contribution < 1.29 is 32.9 Å². The average molecular weight is 471 g/mol. The molecule has 0 spiro atoms. The minimum Gasteiger partial charge on any atom is -0.486 e. The first-order valence-electron chi connectivity index (χ1n) is 10.6. The van der Waals surface area contributed by atoms with E-state index in [0.29, 0.717) is 36.8 Å². The topological polar surface area (TPSA) is 103 Å². The third-order valence-electron chi connectivity index (χ3n) is 5.36. The van der Waals surface area contributed by atoms with E-state index in [9.17, 15) is 13.6 Å². The zero-order valence-corrected chi connectivity index (χ0v) is 18.4. The van der Waals surface area contributed by atoms with Crippen LogP contribution in [0.4, 0.5) is 14.6 Å². The molecular formula is C24H23F2N3O5. The Bertz CT molecular complexity index is 1190. The van der Waals surface area contributed by atoms with Crippen LogP contribution in [0.3, 0.4) is 0 Å². The largest absolute Gasteiger partial charge is 0.486 e. The van der Waals surface area contributed by atoms with Crippen LogP contribution >= 0.6 is 0 Å². The Morgan fingerprint density at radius 2 is 1.94 bits per heavy atom. The number of aliphatic carboxylic acids is 1. The SMILES string of the molecule is Cc1c(CCNc2cc(-c3ccc(CC(=O)O)c(OC(F)F)c3)ncn2)ccc2c1OCCO2. The van der Waals surface area contributed by atoms with E-state index in [1.807, 2.05) is 19.1 Å². The molecule has 34 heavy (non-hydrogen) atoms. The number of nitrogens with zero attached hydrogens (tertiary/aromatic N) is 2. The number of hydrogen-bond acceptors (Lipinski definition) is 7. The molecule has 178 valence electrons. The van der Waals surface area contributed by atoms with Crippen LogP contribution in [0.5, 0.6) is 17.2 Å². The quantitative estimate of drug-likeness (QED) is 0.481. The maximum absolute atomic E-state index is 12.8. The van der Waals surface area contributed by atoms with Crippen LogP contribution in [0, 0.1) is 6.92 Å². The molecule has 1 aliphatic rings. The number of halogens is 2. The van der Waals surface area contributed by atoms with Crippen molar-refractivity contribution in [1.82, 2.24) is 9.97 Å². The molecule has 1 aromatic heterocycles. The Morgan fingerprint density at radius 3 is 2.74 bits per heavy atom. The first kappa shape index (κ1) is 23.2. The van der Waals surface area contributed by atoms with Gasteiger partial charge < -0.3 is 24.6 Å². The summed E-state index contributed by atoms with van der Waals surface area (Å²) in [7, 11) is 0. The highest BCUT2D eigenvalue weighted by atomic mass is 19.3. The summed E-state index contributed by atoms with van der Waals surface area (Å²) in [5.74, 6) is 0.753. The van der Waals surface area contributed by atoms with Gasteiger partial charge in [-0.3, -0.25) is 4.79 Å². The Morgan fingerprint density at radius 1 is 1.15 bits per heavy atom. The van der Waals surface area contributed by atoms with E-state index in [4.69, 9.17) is 14.6 Å². The van der Waals surface area contributed by atoms with E-state index in [1.54, 1.807) is 12.1 Å². The zero-order valence-electron chi connectivity index (χ0n) is 18.4. The number of carbonyl (C=O) groups is 1. The number of hydrogen-bond donors (Lipinski definition) is 2. The van der Waals surface area contributed by atoms with Crippen molar-refractivity contribution in [2.24, 2.45) is 0 Å². The number of ether oxygens (including phenoxy) is 3. The molecule has 1 aliphatic heterocycles. The molecule has 0 saturated heterocycles. The lowest BCUT2D eigenvalue weighted by molar-refractivity contribution is -0.136. The van der Waals surface area contributed by atoms with E-state index >= 15 is 0 Å². The van der Waals surface area contributed by atoms with Gasteiger partial charge in [-0.2, -0.15) is 8.78 Å². The van der Waals surface area contributed by atoms with Gasteiger partial charge in [0.15, 0.2) is 11.5 Å². The molecule has 0 aliphatic carbocycles. The number of rotatable bonds is 9. The summed E-state index contributed by atoms with van der Waals surface area (Å²) in [4.78, 5) is 19.4. The lowest BCUT2D eigenvalue weighted by Crippen LogP contribution is -2.17. The fourth-order valence-corrected chi connectivity index (χ4v) is 3.73. The molecule has 2 heterocycles. The molecule has 3 aromatic rings. The van der Waals surface area contributed by atoms with Gasteiger partial charge in [0, 0.05) is 23.7 Å². The van der Waals surface area contributed by atoms with E-state index < -0.39 is 19.0 Å². The van der Waals surface area contributed by atoms with Crippen molar-refractivity contribution in [1.29, 1.82) is 0 Å². The monoisotopic (exact) mass is 471 g/mol. The van der Waals surface area contributed by atoms with Gasteiger partial charge in [0.05, 0.1) is 12.1 Å². The summed E-state index contributed by atoms with van der Waals surface area (Å²) >= 11 is 0. The Balaban J connectivity index is 1.46. The number of anilines is 1. The number of carboxylic acids is 1. The summed E-state index contributed by atoms with van der Waals surface area (Å²) in [5, 5.41) is 12.2. The Hall–Kier alpha value is -3.95. The second-order valence-electron chi connectivity index (χ2n) is 7.61. The molecule has 0 atom stereocenters. The predicted octanol–water partition coefficient (Wildman–Crippen LogP) is 4.11. The van der Waals surface area contributed by atoms with Gasteiger partial charge in [-0.25, -0.2) is 9.97 Å². The molecule has 2 N–H and O–H groups in total. The molecule has 0 saturated carbocycles. The van der Waals surface area contributed by atoms with Gasteiger partial charge in [0.2, 0.25) is 0 Å². The second-order valence-corrected chi connectivity index (χ2v) is 7.61. The predicted molar refractivity (Wildman–Crippen MR) is 120 cm³/mol. The lowest BCUT2D eigenvalue weighted by atomic mass is 10.0. The van der Waals surface area contributed by atoms with Gasteiger partial charge in [0.1, 0.15) is 31.1 Å². The fourth-order valence-electron chi connectivity index (χ4n) is 3.73. The van der Waals surface area contributed by atoms with Crippen molar-refractivity contribution in [3.63, 3.8) is 0 Å². The Labute approximate surface area is 194 Å². The highest BCUT2D eigenvalue weighted by Gasteiger charge is 2.17. The molecule has 2 aromatic carbocycles. The van der Waals surface area contributed by atoms with Crippen molar-refractivity contribution in [3.05, 3.63) is 59.4 Å². The summed E-state index contributed by atoms with van der Waals surface area (Å²) in [6.07, 6.45) is 1.65. The average Bonchev–Trinajstić information content (AvgIpc) is 2.81. The zero-order chi connectivity index (χ0) is 24.1. The van der Waals surface area contributed by atoms with Gasteiger partial charge >= 0.3 is 12.6 Å². The first-order chi connectivity index (χ1) is 16.4.